The van der Waals surface area contributed by atoms with Crippen LogP contribution in [-0.4, -0.2) is 183 Å². The zero-order valence-corrected chi connectivity index (χ0v) is 77.0. The molecule has 19 rings (SSSR count). The Morgan fingerprint density at radius 3 is 1.09 bits per heavy atom. The fourth-order valence-corrected chi connectivity index (χ4v) is 18.7. The number of esters is 2. The van der Waals surface area contributed by atoms with Gasteiger partial charge in [-0.2, -0.15) is 0 Å². The van der Waals surface area contributed by atoms with Crippen molar-refractivity contribution in [2.24, 2.45) is 0 Å². The third kappa shape index (κ3) is 22.6. The number of nitrogens with zero attached hydrogens (tertiary/aromatic N) is 12. The summed E-state index contributed by atoms with van der Waals surface area (Å²) in [6, 6.07) is 62.2. The molecule has 0 bridgehead atoms. The molecule has 700 valence electrons. The number of pyridine rings is 1. The molecule has 12 N–H and O–H groups in total. The average Bonchev–Trinajstić information content (AvgIpc) is 1.63. The highest BCUT2D eigenvalue weighted by atomic mass is 32.1. The summed E-state index contributed by atoms with van der Waals surface area (Å²) >= 11 is 2.55. The zero-order valence-electron chi connectivity index (χ0n) is 75.4. The van der Waals surface area contributed by atoms with E-state index in [9.17, 15) is 28.8 Å². The second-order valence-corrected chi connectivity index (χ2v) is 34.8. The number of carbonyl (C=O) groups is 6. The minimum absolute atomic E-state index is 0.00140. The number of nitrogens with one attached hydrogen (secondary N) is 4. The van der Waals surface area contributed by atoms with E-state index in [1.54, 1.807) is 68.6 Å². The summed E-state index contributed by atoms with van der Waals surface area (Å²) in [6.07, 6.45) is 19.5. The summed E-state index contributed by atoms with van der Waals surface area (Å²) in [6.45, 7) is 9.31. The first-order valence-corrected chi connectivity index (χ1v) is 46.5. The molecule has 0 unspecified atom stereocenters. The van der Waals surface area contributed by atoms with E-state index >= 15 is 0 Å². The Morgan fingerprint density at radius 2 is 0.723 bits per heavy atom. The van der Waals surface area contributed by atoms with E-state index in [2.05, 4.69) is 97.9 Å². The standard InChI is InChI=1S/C28H27N5O4S.C26H29N5O3.C25H23N5O2S.C23H23N5O4/c1-2-37-24(34)23-22(19-6-4-3-5-7-19)32-27(38-23)33-25(35)28(12-14-36-15-13-28)21-10-8-18(9-11-21)20-16-30-26(29)31-17-20;27-25-28-17-20(18-29-25)19-1-3-21(4-2-19)26(9-13-33-14-10-26)24(32)30-22-5-7-23(8-6-22)31-11-15-34-16-12-31;26-23-27-14-19(15-28-23)17-6-8-20(9-7-17)25(10-12-32-13-11-25)22(31)30-24-29-21(16-33-24)18-4-2-1-3-5-18;1-31-20(29)16-4-7-19(25-12-16)28-21(30)23(8-10-32-11-9-23)18-5-2-15(3-6-18)17-13-26-22(24)27-14-17/h3-11,16-17H,2,12-15H2,1H3,(H2,29,30,31)(H,32,33,35);1-8,17-18H,9-16H2,(H,30,32)(H2,27,28,29);1-9,14-16H,10-13H2,(H2,26,27,28)(H,29,30,31);2-7,12-14H,8-11H2,1H3,(H2,24,26,27)(H,25,28,30). The van der Waals surface area contributed by atoms with Crippen LogP contribution in [0.3, 0.4) is 0 Å². The van der Waals surface area contributed by atoms with Gasteiger partial charge in [0.05, 0.1) is 65.5 Å². The predicted octanol–water partition coefficient (Wildman–Crippen LogP) is 15.1. The van der Waals surface area contributed by atoms with Gasteiger partial charge in [-0.05, 0) is 139 Å². The Labute approximate surface area is 798 Å². The van der Waals surface area contributed by atoms with Gasteiger partial charge in [-0.3, -0.25) is 19.2 Å². The van der Waals surface area contributed by atoms with Crippen molar-refractivity contribution >= 4 is 109 Å². The number of aromatic nitrogens is 11. The summed E-state index contributed by atoms with van der Waals surface area (Å²) in [7, 11) is 1.30. The van der Waals surface area contributed by atoms with Crippen molar-refractivity contribution < 1.29 is 61.9 Å². The molecule has 0 aliphatic carbocycles. The first kappa shape index (κ1) is 95.1. The lowest BCUT2D eigenvalue weighted by atomic mass is 9.73. The number of carbonyl (C=O) groups excluding carboxylic acids is 6. The Bertz CT molecular complexity index is 6410. The summed E-state index contributed by atoms with van der Waals surface area (Å²) < 4.78 is 37.7. The van der Waals surface area contributed by atoms with Crippen molar-refractivity contribution in [3.63, 3.8) is 0 Å². The van der Waals surface area contributed by atoms with Gasteiger partial charge in [-0.15, -0.1) is 11.3 Å². The first-order valence-electron chi connectivity index (χ1n) is 44.8. The van der Waals surface area contributed by atoms with Gasteiger partial charge < -0.3 is 82.3 Å². The van der Waals surface area contributed by atoms with Crippen LogP contribution in [0.15, 0.2) is 255 Å². The molecule has 7 aromatic carbocycles. The quantitative estimate of drug-likeness (QED) is 0.0292. The van der Waals surface area contributed by atoms with Crippen LogP contribution in [0.5, 0.6) is 0 Å². The molecule has 35 heteroatoms. The van der Waals surface area contributed by atoms with Crippen molar-refractivity contribution in [3.05, 3.63) is 288 Å². The Morgan fingerprint density at radius 1 is 0.365 bits per heavy atom. The number of morpholine rings is 1. The maximum atomic E-state index is 13.9. The molecule has 137 heavy (non-hydrogen) atoms. The molecule has 0 radical (unpaired) electrons. The van der Waals surface area contributed by atoms with Crippen LogP contribution in [0.4, 0.5) is 51.2 Å². The van der Waals surface area contributed by atoms with Crippen LogP contribution < -0.4 is 49.1 Å². The molecule has 5 saturated heterocycles. The van der Waals surface area contributed by atoms with Gasteiger partial charge in [-0.1, -0.05) is 169 Å². The topological polar surface area (TPSA) is 464 Å². The molecular weight excluding hydrogens is 1780 g/mol. The predicted molar refractivity (Wildman–Crippen MR) is 525 cm³/mol. The van der Waals surface area contributed by atoms with Gasteiger partial charge in [0.25, 0.3) is 0 Å². The van der Waals surface area contributed by atoms with E-state index in [1.165, 1.54) is 24.6 Å². The highest BCUT2D eigenvalue weighted by Gasteiger charge is 2.46. The van der Waals surface area contributed by atoms with Crippen molar-refractivity contribution in [3.8, 4) is 67.0 Å². The SMILES string of the molecule is CCOC(=O)c1sc(NC(=O)C2(c3ccc(-c4cnc(N)nc4)cc3)CCOCC2)nc1-c1ccccc1.COC(=O)c1ccc(NC(=O)C2(c3ccc(-c4cnc(N)nc4)cc3)CCOCC2)nc1.Nc1ncc(-c2ccc(C3(C(=O)Nc4ccc(N5CCOCC5)cc4)CCOCC3)cc2)cn1.Nc1ncc(-c2ccc(C3(C(=O)Nc4nc(-c5ccccc5)cs4)CCOCC3)cc2)cn1. The highest BCUT2D eigenvalue weighted by molar-refractivity contribution is 7.18. The molecule has 5 aliphatic heterocycles. The molecular formula is C102H102N20O13S2. The van der Waals surface area contributed by atoms with Gasteiger partial charge in [0, 0.05) is 172 Å². The number of anilines is 9. The molecule has 0 atom stereocenters. The molecule has 5 fully saturated rings. The van der Waals surface area contributed by atoms with Crippen LogP contribution in [0.25, 0.3) is 67.0 Å². The fraction of sp³-hybridized carbons (Fsp3) is 0.265. The maximum absolute atomic E-state index is 13.9. The first-order chi connectivity index (χ1) is 66.8. The molecule has 4 amide bonds. The monoisotopic (exact) mass is 1880 g/mol. The third-order valence-corrected chi connectivity index (χ3v) is 26.7. The Kier molecular flexibility index (Phi) is 30.8. The minimum Gasteiger partial charge on any atom is -0.465 e. The normalized spacial score (nSPS) is 15.6. The van der Waals surface area contributed by atoms with Crippen LogP contribution in [0.1, 0.15) is 101 Å². The summed E-state index contributed by atoms with van der Waals surface area (Å²) in [4.78, 5) is 127. The van der Waals surface area contributed by atoms with Crippen molar-refractivity contribution in [1.82, 2.24) is 54.8 Å². The second kappa shape index (κ2) is 44.4. The number of hydrogen-bond donors (Lipinski definition) is 8. The van der Waals surface area contributed by atoms with Gasteiger partial charge in [0.15, 0.2) is 10.3 Å². The van der Waals surface area contributed by atoms with Crippen molar-refractivity contribution in [2.75, 3.05) is 142 Å². The molecule has 0 saturated carbocycles. The number of hydrogen-bond acceptors (Lipinski definition) is 31. The number of methoxy groups -OCH3 is 1. The number of nitrogen functional groups attached to an aromatic ring is 4. The number of nitrogens with two attached hydrogens (primary N) is 4. The lowest BCUT2D eigenvalue weighted by Crippen LogP contribution is -2.45. The summed E-state index contributed by atoms with van der Waals surface area (Å²) in [5.74, 6) is -0.0672. The van der Waals surface area contributed by atoms with E-state index in [1.807, 2.05) is 175 Å². The molecule has 33 nitrogen and oxygen atoms in total. The van der Waals surface area contributed by atoms with Gasteiger partial charge >= 0.3 is 11.9 Å². The van der Waals surface area contributed by atoms with E-state index in [4.69, 9.17) is 51.4 Å². The molecule has 7 aromatic heterocycles. The van der Waals surface area contributed by atoms with E-state index in [-0.39, 0.29) is 54.0 Å². The average molecular weight is 1880 g/mol. The van der Waals surface area contributed by atoms with Crippen LogP contribution in [0.2, 0.25) is 0 Å². The van der Waals surface area contributed by atoms with Crippen molar-refractivity contribution in [2.45, 2.75) is 80.0 Å². The number of rotatable bonds is 22. The van der Waals surface area contributed by atoms with Crippen LogP contribution in [-0.2, 0) is 74.0 Å². The fourth-order valence-electron chi connectivity index (χ4n) is 17.1. The summed E-state index contributed by atoms with van der Waals surface area (Å²) in [5, 5.41) is 15.0. The number of benzene rings is 7. The molecule has 14 aromatic rings. The number of amides is 4. The Balaban J connectivity index is 0.000000133. The minimum atomic E-state index is -0.808. The molecule has 0 spiro atoms. The third-order valence-electron chi connectivity index (χ3n) is 25.0. The maximum Gasteiger partial charge on any atom is 0.350 e. The summed E-state index contributed by atoms with van der Waals surface area (Å²) in [5.41, 5.74) is 35.8. The largest absolute Gasteiger partial charge is 0.465 e. The van der Waals surface area contributed by atoms with E-state index in [0.717, 1.165) is 133 Å². The smallest absolute Gasteiger partial charge is 0.350 e. The van der Waals surface area contributed by atoms with Crippen LogP contribution >= 0.6 is 22.7 Å². The molecule has 12 heterocycles. The zero-order chi connectivity index (χ0) is 95.1. The van der Waals surface area contributed by atoms with Crippen LogP contribution in [0, 0.1) is 0 Å². The number of ether oxygens (including phenoxy) is 7. The molecule has 5 aliphatic rings. The second-order valence-electron chi connectivity index (χ2n) is 33.0. The van der Waals surface area contributed by atoms with E-state index < -0.39 is 33.6 Å². The van der Waals surface area contributed by atoms with Gasteiger partial charge in [0.2, 0.25) is 47.4 Å². The van der Waals surface area contributed by atoms with Gasteiger partial charge in [-0.25, -0.2) is 64.4 Å². The van der Waals surface area contributed by atoms with Crippen molar-refractivity contribution in [1.29, 1.82) is 0 Å². The lowest BCUT2D eigenvalue weighted by molar-refractivity contribution is -0.125. The Hall–Kier alpha value is -15.1. The highest BCUT2D eigenvalue weighted by Crippen LogP contribution is 2.44. The van der Waals surface area contributed by atoms with Gasteiger partial charge in [0.1, 0.15) is 10.7 Å². The number of thiazole rings is 2. The lowest BCUT2D eigenvalue weighted by Gasteiger charge is -2.36. The van der Waals surface area contributed by atoms with E-state index in [0.29, 0.717) is 136 Å².